The molecule has 2 N–H and O–H groups in total. The van der Waals surface area contributed by atoms with Crippen LogP contribution in [0.2, 0.25) is 0 Å². The third-order valence-corrected chi connectivity index (χ3v) is 1.32. The molecule has 0 fully saturated rings. The summed E-state index contributed by atoms with van der Waals surface area (Å²) >= 11 is 0. The molecule has 0 spiro atoms. The first-order valence-electron chi connectivity index (χ1n) is 3.85. The van der Waals surface area contributed by atoms with Gasteiger partial charge in [0.15, 0.2) is 0 Å². The van der Waals surface area contributed by atoms with Crippen molar-refractivity contribution in [3.63, 3.8) is 0 Å². The first-order valence-corrected chi connectivity index (χ1v) is 3.15. The molecule has 0 saturated heterocycles. The summed E-state index contributed by atoms with van der Waals surface area (Å²) in [6.07, 6.45) is 0. The quantitative estimate of drug-likeness (QED) is 0.603. The van der Waals surface area contributed by atoms with Crippen LogP contribution in [0.1, 0.15) is 22.1 Å². The van der Waals surface area contributed by atoms with Gasteiger partial charge in [-0.05, 0) is 12.4 Å². The van der Waals surface area contributed by atoms with Gasteiger partial charge >= 0.3 is 5.97 Å². The fourth-order valence-corrected chi connectivity index (χ4v) is 0.764. The number of carboxylic acid groups (broad SMARTS) is 1. The highest BCUT2D eigenvalue weighted by molar-refractivity contribution is 5.74. The van der Waals surface area contributed by atoms with E-state index in [2.05, 4.69) is 5.32 Å². The van der Waals surface area contributed by atoms with Gasteiger partial charge < -0.3 is 10.4 Å². The Morgan fingerprint density at radius 3 is 2.30 bits per heavy atom. The van der Waals surface area contributed by atoms with E-state index in [9.17, 15) is 4.79 Å². The fourth-order valence-electron chi connectivity index (χ4n) is 0.764. The van der Waals surface area contributed by atoms with E-state index in [0.29, 0.717) is 0 Å². The van der Waals surface area contributed by atoms with Gasteiger partial charge in [0.2, 0.25) is 0 Å². The normalized spacial score (nSPS) is 16.1. The van der Waals surface area contributed by atoms with E-state index in [1.807, 2.05) is 20.8 Å². The molecule has 0 rings (SSSR count). The second-order valence-corrected chi connectivity index (χ2v) is 3.34. The Morgan fingerprint density at radius 2 is 2.20 bits per heavy atom. The van der Waals surface area contributed by atoms with Crippen LogP contribution in [0.3, 0.4) is 0 Å². The maximum Gasteiger partial charge on any atom is 0.321 e. The third-order valence-electron chi connectivity index (χ3n) is 1.32. The molecular formula is C7H15NO2. The van der Waals surface area contributed by atoms with E-state index in [-0.39, 0.29) is 12.4 Å². The molecule has 60 valence electrons. The molecule has 0 aromatic heterocycles. The molecule has 0 amide bonds. The first kappa shape index (κ1) is 7.54. The summed E-state index contributed by atoms with van der Waals surface area (Å²) in [5, 5.41) is 11.3. The van der Waals surface area contributed by atoms with Crippen LogP contribution in [0, 0.1) is 5.41 Å². The second kappa shape index (κ2) is 3.01. The van der Waals surface area contributed by atoms with E-state index in [0.717, 1.165) is 0 Å². The topological polar surface area (TPSA) is 49.3 Å². The molecule has 0 heterocycles. The number of nitrogens with one attached hydrogen (secondary N) is 1. The van der Waals surface area contributed by atoms with E-state index in [1.165, 1.54) is 0 Å². The Kier molecular flexibility index (Phi) is 2.27. The van der Waals surface area contributed by atoms with Gasteiger partial charge in [0.1, 0.15) is 6.04 Å². The molecule has 3 heteroatoms. The van der Waals surface area contributed by atoms with Crippen molar-refractivity contribution in [2.75, 3.05) is 7.02 Å². The lowest BCUT2D eigenvalue weighted by Crippen LogP contribution is -2.44. The molecule has 0 saturated carbocycles. The van der Waals surface area contributed by atoms with Crippen molar-refractivity contribution in [1.82, 2.24) is 5.32 Å². The molecule has 3 nitrogen and oxygen atoms in total. The van der Waals surface area contributed by atoms with Crippen molar-refractivity contribution in [3.8, 4) is 0 Å². The van der Waals surface area contributed by atoms with Crippen LogP contribution < -0.4 is 5.32 Å². The summed E-state index contributed by atoms with van der Waals surface area (Å²) < 4.78 is 6.83. The number of rotatable bonds is 2. The van der Waals surface area contributed by atoms with E-state index in [1.54, 1.807) is 0 Å². The zero-order chi connectivity index (χ0) is 9.07. The minimum Gasteiger partial charge on any atom is -0.480 e. The lowest BCUT2D eigenvalue weighted by molar-refractivity contribution is -0.142. The molecule has 0 aliphatic heterocycles. The van der Waals surface area contributed by atoms with Crippen molar-refractivity contribution in [2.24, 2.45) is 5.41 Å². The summed E-state index contributed by atoms with van der Waals surface area (Å²) in [5.74, 6) is -0.898. The van der Waals surface area contributed by atoms with Crippen molar-refractivity contribution >= 4 is 5.97 Å². The molecule has 0 aromatic carbocycles. The Bertz CT molecular complexity index is 142. The summed E-state index contributed by atoms with van der Waals surface area (Å²) in [4.78, 5) is 10.6. The van der Waals surface area contributed by atoms with Crippen LogP contribution in [0.15, 0.2) is 0 Å². The summed E-state index contributed by atoms with van der Waals surface area (Å²) in [6.45, 7) is 5.48. The monoisotopic (exact) mass is 146 g/mol. The number of carbonyl (C=O) groups is 1. The molecule has 1 atom stereocenters. The lowest BCUT2D eigenvalue weighted by atomic mass is 9.87. The average Bonchev–Trinajstić information content (AvgIpc) is 1.79. The summed E-state index contributed by atoms with van der Waals surface area (Å²) in [5.41, 5.74) is -0.340. The van der Waals surface area contributed by atoms with Crippen molar-refractivity contribution in [1.29, 1.82) is 0 Å². The fraction of sp³-hybridized carbons (Fsp3) is 0.857. The van der Waals surface area contributed by atoms with Crippen molar-refractivity contribution < 1.29 is 11.3 Å². The molecule has 10 heavy (non-hydrogen) atoms. The highest BCUT2D eigenvalue weighted by Crippen LogP contribution is 2.18. The predicted molar refractivity (Wildman–Crippen MR) is 39.9 cm³/mol. The summed E-state index contributed by atoms with van der Waals surface area (Å²) in [7, 11) is -0.0613. The van der Waals surface area contributed by atoms with Crippen molar-refractivity contribution in [3.05, 3.63) is 0 Å². The van der Waals surface area contributed by atoms with Crippen LogP contribution in [-0.2, 0) is 4.79 Å². The number of hydrogen-bond acceptors (Lipinski definition) is 2. The lowest BCUT2D eigenvalue weighted by Gasteiger charge is -2.26. The van der Waals surface area contributed by atoms with Crippen LogP contribution in [0.5, 0.6) is 0 Å². The van der Waals surface area contributed by atoms with Crippen LogP contribution >= 0.6 is 0 Å². The maximum absolute atomic E-state index is 10.6. The Hall–Kier alpha value is -0.570. The Morgan fingerprint density at radius 1 is 1.70 bits per heavy atom. The van der Waals surface area contributed by atoms with E-state index >= 15 is 0 Å². The van der Waals surface area contributed by atoms with Crippen LogP contribution in [-0.4, -0.2) is 24.1 Å². The average molecular weight is 146 g/mol. The van der Waals surface area contributed by atoms with Gasteiger partial charge in [-0.25, -0.2) is 0 Å². The molecule has 0 aliphatic rings. The largest absolute Gasteiger partial charge is 0.480 e. The molecule has 0 bridgehead atoms. The van der Waals surface area contributed by atoms with E-state index in [4.69, 9.17) is 6.48 Å². The minimum atomic E-state index is -0.898. The Balaban J connectivity index is 4.22. The van der Waals surface area contributed by atoms with E-state index < -0.39 is 12.0 Å². The van der Waals surface area contributed by atoms with Gasteiger partial charge in [-0.2, -0.15) is 0 Å². The van der Waals surface area contributed by atoms with Gasteiger partial charge in [-0.3, -0.25) is 4.79 Å². The Labute approximate surface area is 62.8 Å². The first-order chi connectivity index (χ1) is 4.89. The highest BCUT2D eigenvalue weighted by atomic mass is 16.4. The van der Waals surface area contributed by atoms with Crippen LogP contribution in [0.4, 0.5) is 0 Å². The zero-order valence-electron chi connectivity index (χ0n) is 7.64. The molecule has 0 aliphatic carbocycles. The van der Waals surface area contributed by atoms with Crippen molar-refractivity contribution in [2.45, 2.75) is 26.8 Å². The number of aliphatic carboxylic acids is 1. The van der Waals surface area contributed by atoms with Crippen LogP contribution in [0.25, 0.3) is 0 Å². The van der Waals surface area contributed by atoms with Gasteiger partial charge in [0.05, 0.1) is 0 Å². The molecular weight excluding hydrogens is 130 g/mol. The number of carboxylic acids is 1. The summed E-state index contributed by atoms with van der Waals surface area (Å²) in [6, 6.07) is -0.639. The standard InChI is InChI=1S/C7H15NO2/c1-7(2,3)5(8-4)6(9)10/h5,8H,1-4H3,(H,9,10)/i4D. The third kappa shape index (κ3) is 2.35. The van der Waals surface area contributed by atoms with Gasteiger partial charge in [0.25, 0.3) is 0 Å². The van der Waals surface area contributed by atoms with Gasteiger partial charge in [-0.15, -0.1) is 0 Å². The highest BCUT2D eigenvalue weighted by Gasteiger charge is 2.28. The number of likely N-dealkylation sites (N-methyl/N-ethyl adjacent to an activating group) is 1. The zero-order valence-corrected chi connectivity index (χ0v) is 6.64. The SMILES string of the molecule is [2H]CNC(C(=O)O)C(C)(C)C. The predicted octanol–water partition coefficient (Wildman–Crippen LogP) is 0.705. The van der Waals surface area contributed by atoms with Gasteiger partial charge in [-0.1, -0.05) is 20.8 Å². The molecule has 0 aromatic rings. The molecule has 1 unspecified atom stereocenters. The molecule has 0 radical (unpaired) electrons. The number of hydrogen-bond donors (Lipinski definition) is 2. The maximum atomic E-state index is 10.6. The van der Waals surface area contributed by atoms with Gasteiger partial charge in [0, 0.05) is 1.37 Å². The minimum absolute atomic E-state index is 0.0613. The second-order valence-electron chi connectivity index (χ2n) is 3.34. The smallest absolute Gasteiger partial charge is 0.321 e.